The lowest BCUT2D eigenvalue weighted by Crippen LogP contribution is -2.47. The highest BCUT2D eigenvalue weighted by molar-refractivity contribution is 5.96. The fourth-order valence-corrected chi connectivity index (χ4v) is 4.02. The normalized spacial score (nSPS) is 24.8. The van der Waals surface area contributed by atoms with Gasteiger partial charge in [0, 0.05) is 26.2 Å². The number of amides is 1. The van der Waals surface area contributed by atoms with E-state index in [1.165, 1.54) is 12.8 Å². The molecule has 128 valence electrons. The summed E-state index contributed by atoms with van der Waals surface area (Å²) in [6, 6.07) is 9.08. The van der Waals surface area contributed by atoms with Gasteiger partial charge in [0.15, 0.2) is 0 Å². The van der Waals surface area contributed by atoms with Crippen LogP contribution in [-0.2, 0) is 0 Å². The molecule has 3 rings (SSSR count). The van der Waals surface area contributed by atoms with Gasteiger partial charge >= 0.3 is 0 Å². The number of hydrogen-bond donors (Lipinski definition) is 1. The van der Waals surface area contributed by atoms with Gasteiger partial charge < -0.3 is 14.9 Å². The van der Waals surface area contributed by atoms with Crippen molar-refractivity contribution in [2.24, 2.45) is 11.8 Å². The number of aliphatic hydroxyl groups is 1. The van der Waals surface area contributed by atoms with Crippen LogP contribution in [0.5, 0.6) is 0 Å². The van der Waals surface area contributed by atoms with E-state index in [0.717, 1.165) is 26.1 Å². The van der Waals surface area contributed by atoms with Crippen molar-refractivity contribution in [1.29, 1.82) is 5.26 Å². The summed E-state index contributed by atoms with van der Waals surface area (Å²) in [7, 11) is 0. The summed E-state index contributed by atoms with van der Waals surface area (Å²) in [5.74, 6) is 0.438. The number of rotatable bonds is 4. The van der Waals surface area contributed by atoms with Gasteiger partial charge in [-0.15, -0.1) is 0 Å². The van der Waals surface area contributed by atoms with Crippen molar-refractivity contribution in [1.82, 2.24) is 9.80 Å². The number of piperidine rings is 1. The van der Waals surface area contributed by atoms with E-state index in [4.69, 9.17) is 0 Å². The first-order valence-electron chi connectivity index (χ1n) is 8.83. The van der Waals surface area contributed by atoms with Crippen LogP contribution in [0.25, 0.3) is 0 Å². The van der Waals surface area contributed by atoms with E-state index in [9.17, 15) is 15.2 Å². The second-order valence-corrected chi connectivity index (χ2v) is 7.03. The van der Waals surface area contributed by atoms with Crippen LogP contribution in [-0.4, -0.2) is 60.1 Å². The first kappa shape index (κ1) is 16.9. The summed E-state index contributed by atoms with van der Waals surface area (Å²) in [4.78, 5) is 17.2. The molecule has 1 aromatic rings. The molecule has 0 unspecified atom stereocenters. The Labute approximate surface area is 143 Å². The Hall–Kier alpha value is -1.90. The molecule has 2 heterocycles. The van der Waals surface area contributed by atoms with Crippen molar-refractivity contribution in [3.63, 3.8) is 0 Å². The summed E-state index contributed by atoms with van der Waals surface area (Å²) in [6.45, 7) is 4.69. The Morgan fingerprint density at radius 2 is 1.92 bits per heavy atom. The van der Waals surface area contributed by atoms with Gasteiger partial charge in [-0.3, -0.25) is 4.79 Å². The van der Waals surface area contributed by atoms with Crippen molar-refractivity contribution in [2.45, 2.75) is 19.3 Å². The standard InChI is InChI=1S/C19H25N3O2/c20-10-17-5-1-2-6-18(17)19(24)22-12-15(9-16(13-22)14-23)11-21-7-3-4-8-21/h1-2,5-6,15-16,23H,3-4,7-9,11-14H2/t15-,16-/m1/s1. The quantitative estimate of drug-likeness (QED) is 0.914. The zero-order valence-electron chi connectivity index (χ0n) is 14.0. The van der Waals surface area contributed by atoms with Crippen LogP contribution in [0.4, 0.5) is 0 Å². The van der Waals surface area contributed by atoms with Crippen molar-refractivity contribution in [2.75, 3.05) is 39.3 Å². The van der Waals surface area contributed by atoms with Crippen LogP contribution in [0.3, 0.4) is 0 Å². The molecule has 2 saturated heterocycles. The maximum atomic E-state index is 12.9. The van der Waals surface area contributed by atoms with Gasteiger partial charge in [-0.2, -0.15) is 5.26 Å². The summed E-state index contributed by atoms with van der Waals surface area (Å²) in [5.41, 5.74) is 0.892. The Balaban J connectivity index is 1.73. The minimum Gasteiger partial charge on any atom is -0.396 e. The van der Waals surface area contributed by atoms with Gasteiger partial charge in [0.2, 0.25) is 0 Å². The molecule has 0 radical (unpaired) electrons. The van der Waals surface area contributed by atoms with Crippen LogP contribution in [0, 0.1) is 23.2 Å². The second kappa shape index (κ2) is 7.78. The summed E-state index contributed by atoms with van der Waals surface area (Å²) in [5, 5.41) is 18.9. The maximum Gasteiger partial charge on any atom is 0.255 e. The Kier molecular flexibility index (Phi) is 5.49. The van der Waals surface area contributed by atoms with E-state index in [1.54, 1.807) is 24.3 Å². The fraction of sp³-hybridized carbons (Fsp3) is 0.579. The monoisotopic (exact) mass is 327 g/mol. The van der Waals surface area contributed by atoms with Gasteiger partial charge in [0.05, 0.1) is 17.2 Å². The zero-order valence-corrected chi connectivity index (χ0v) is 14.0. The average Bonchev–Trinajstić information content (AvgIpc) is 3.13. The van der Waals surface area contributed by atoms with Crippen molar-refractivity contribution < 1.29 is 9.90 Å². The highest BCUT2D eigenvalue weighted by Crippen LogP contribution is 2.25. The van der Waals surface area contributed by atoms with Crippen LogP contribution >= 0.6 is 0 Å². The number of nitriles is 1. The number of aliphatic hydroxyl groups excluding tert-OH is 1. The molecule has 0 aromatic heterocycles. The molecule has 0 aliphatic carbocycles. The third-order valence-electron chi connectivity index (χ3n) is 5.16. The molecule has 2 aliphatic heterocycles. The third kappa shape index (κ3) is 3.77. The summed E-state index contributed by atoms with van der Waals surface area (Å²) < 4.78 is 0. The fourth-order valence-electron chi connectivity index (χ4n) is 4.02. The SMILES string of the molecule is N#Cc1ccccc1C(=O)N1C[C@H](CO)C[C@H](CN2CCCC2)C1. The second-order valence-electron chi connectivity index (χ2n) is 7.03. The molecular weight excluding hydrogens is 302 g/mol. The number of hydrogen-bond acceptors (Lipinski definition) is 4. The van der Waals surface area contributed by atoms with Crippen molar-refractivity contribution in [3.8, 4) is 6.07 Å². The predicted octanol–water partition coefficient (Wildman–Crippen LogP) is 1.72. The van der Waals surface area contributed by atoms with Crippen molar-refractivity contribution >= 4 is 5.91 Å². The highest BCUT2D eigenvalue weighted by atomic mass is 16.3. The summed E-state index contributed by atoms with van der Waals surface area (Å²) in [6.07, 6.45) is 3.49. The molecule has 0 spiro atoms. The van der Waals surface area contributed by atoms with E-state index in [2.05, 4.69) is 11.0 Å². The summed E-state index contributed by atoms with van der Waals surface area (Å²) >= 11 is 0. The van der Waals surface area contributed by atoms with Gasteiger partial charge in [0.1, 0.15) is 0 Å². The molecule has 2 aliphatic rings. The number of nitrogens with zero attached hydrogens (tertiary/aromatic N) is 3. The first-order chi connectivity index (χ1) is 11.7. The Bertz CT molecular complexity index is 619. The molecule has 0 saturated carbocycles. The van der Waals surface area contributed by atoms with E-state index < -0.39 is 0 Å². The molecule has 0 bridgehead atoms. The predicted molar refractivity (Wildman–Crippen MR) is 91.4 cm³/mol. The lowest BCUT2D eigenvalue weighted by Gasteiger charge is -2.38. The third-order valence-corrected chi connectivity index (χ3v) is 5.16. The Morgan fingerprint density at radius 1 is 1.21 bits per heavy atom. The average molecular weight is 327 g/mol. The van der Waals surface area contributed by atoms with Gasteiger partial charge in [-0.05, 0) is 56.3 Å². The van der Waals surface area contributed by atoms with Crippen LogP contribution < -0.4 is 0 Å². The van der Waals surface area contributed by atoms with Crippen molar-refractivity contribution in [3.05, 3.63) is 35.4 Å². The zero-order chi connectivity index (χ0) is 16.9. The van der Waals surface area contributed by atoms with E-state index in [1.807, 2.05) is 4.90 Å². The van der Waals surface area contributed by atoms with Gasteiger partial charge in [0.25, 0.3) is 5.91 Å². The lowest BCUT2D eigenvalue weighted by molar-refractivity contribution is 0.0465. The molecule has 2 atom stereocenters. The Morgan fingerprint density at radius 3 is 2.62 bits per heavy atom. The lowest BCUT2D eigenvalue weighted by atomic mass is 9.88. The minimum absolute atomic E-state index is 0.0864. The van der Waals surface area contributed by atoms with Crippen LogP contribution in [0.2, 0.25) is 0 Å². The maximum absolute atomic E-state index is 12.9. The smallest absolute Gasteiger partial charge is 0.255 e. The molecule has 24 heavy (non-hydrogen) atoms. The molecule has 1 N–H and O–H groups in total. The molecule has 2 fully saturated rings. The molecular formula is C19H25N3O2. The van der Waals surface area contributed by atoms with Crippen LogP contribution in [0.15, 0.2) is 24.3 Å². The topological polar surface area (TPSA) is 67.6 Å². The van der Waals surface area contributed by atoms with E-state index in [0.29, 0.717) is 30.1 Å². The largest absolute Gasteiger partial charge is 0.396 e. The first-order valence-corrected chi connectivity index (χ1v) is 8.83. The molecule has 5 nitrogen and oxygen atoms in total. The number of likely N-dealkylation sites (tertiary alicyclic amines) is 2. The number of benzene rings is 1. The minimum atomic E-state index is -0.0864. The van der Waals surface area contributed by atoms with Crippen LogP contribution in [0.1, 0.15) is 35.2 Å². The molecule has 5 heteroatoms. The van der Waals surface area contributed by atoms with Gasteiger partial charge in [-0.25, -0.2) is 0 Å². The van der Waals surface area contributed by atoms with Gasteiger partial charge in [-0.1, -0.05) is 12.1 Å². The molecule has 1 amide bonds. The number of carbonyl (C=O) groups is 1. The highest BCUT2D eigenvalue weighted by Gasteiger charge is 2.32. The van der Waals surface area contributed by atoms with E-state index >= 15 is 0 Å². The number of carbonyl (C=O) groups excluding carboxylic acids is 1. The van der Waals surface area contributed by atoms with E-state index in [-0.39, 0.29) is 18.4 Å². The molecule has 1 aromatic carbocycles.